The number of nitrogens with zero attached hydrogens (tertiary/aromatic N) is 3. The molecule has 0 unspecified atom stereocenters. The van der Waals surface area contributed by atoms with Gasteiger partial charge in [0.25, 0.3) is 0 Å². The standard InChI is InChI=1S/C17H33N3O/c1-15(2)4-5-17(21)20-12-10-19(11-13-20)14-16-6-8-18(3)9-7-16/h15-16H,4-14H2,1-3H3. The summed E-state index contributed by atoms with van der Waals surface area (Å²) < 4.78 is 0. The van der Waals surface area contributed by atoms with Gasteiger partial charge in [0.1, 0.15) is 0 Å². The van der Waals surface area contributed by atoms with Gasteiger partial charge in [-0.2, -0.15) is 0 Å². The van der Waals surface area contributed by atoms with E-state index in [0.717, 1.165) is 44.9 Å². The maximum Gasteiger partial charge on any atom is 0.222 e. The van der Waals surface area contributed by atoms with Crippen molar-refractivity contribution >= 4 is 5.91 Å². The second-order valence-electron chi connectivity index (χ2n) is 7.36. The van der Waals surface area contributed by atoms with Crippen molar-refractivity contribution in [1.29, 1.82) is 0 Å². The number of carbonyl (C=O) groups is 1. The zero-order valence-corrected chi connectivity index (χ0v) is 14.2. The lowest BCUT2D eigenvalue weighted by atomic mass is 9.96. The summed E-state index contributed by atoms with van der Waals surface area (Å²) in [5.41, 5.74) is 0. The first-order valence-electron chi connectivity index (χ1n) is 8.73. The van der Waals surface area contributed by atoms with Crippen molar-refractivity contribution in [2.75, 3.05) is 52.9 Å². The van der Waals surface area contributed by atoms with Crippen LogP contribution in [0, 0.1) is 11.8 Å². The van der Waals surface area contributed by atoms with E-state index in [2.05, 4.69) is 35.6 Å². The van der Waals surface area contributed by atoms with E-state index in [0.29, 0.717) is 11.8 Å². The number of carbonyl (C=O) groups excluding carboxylic acids is 1. The molecular formula is C17H33N3O. The maximum absolute atomic E-state index is 12.1. The van der Waals surface area contributed by atoms with Gasteiger partial charge in [0.05, 0.1) is 0 Å². The van der Waals surface area contributed by atoms with Gasteiger partial charge in [-0.15, -0.1) is 0 Å². The lowest BCUT2D eigenvalue weighted by Gasteiger charge is -2.38. The highest BCUT2D eigenvalue weighted by Gasteiger charge is 2.24. The van der Waals surface area contributed by atoms with Crippen molar-refractivity contribution in [3.63, 3.8) is 0 Å². The SMILES string of the molecule is CC(C)CCC(=O)N1CCN(CC2CCN(C)CC2)CC1. The van der Waals surface area contributed by atoms with Crippen LogP contribution in [0.2, 0.25) is 0 Å². The van der Waals surface area contributed by atoms with E-state index in [-0.39, 0.29) is 0 Å². The van der Waals surface area contributed by atoms with Gasteiger partial charge in [0.2, 0.25) is 5.91 Å². The van der Waals surface area contributed by atoms with Gasteiger partial charge in [0.15, 0.2) is 0 Å². The van der Waals surface area contributed by atoms with Gasteiger partial charge in [0, 0.05) is 39.1 Å². The van der Waals surface area contributed by atoms with E-state index in [1.165, 1.54) is 32.5 Å². The molecule has 0 spiro atoms. The number of likely N-dealkylation sites (tertiary alicyclic amines) is 1. The monoisotopic (exact) mass is 295 g/mol. The molecule has 21 heavy (non-hydrogen) atoms. The summed E-state index contributed by atoms with van der Waals surface area (Å²) in [5.74, 6) is 1.85. The highest BCUT2D eigenvalue weighted by molar-refractivity contribution is 5.76. The lowest BCUT2D eigenvalue weighted by Crippen LogP contribution is -2.50. The summed E-state index contributed by atoms with van der Waals surface area (Å²) in [5, 5.41) is 0. The molecule has 1 amide bonds. The molecule has 2 aliphatic rings. The minimum atomic E-state index is 0.364. The quantitative estimate of drug-likeness (QED) is 0.775. The van der Waals surface area contributed by atoms with Crippen LogP contribution in [0.1, 0.15) is 39.5 Å². The molecule has 0 atom stereocenters. The number of piperazine rings is 1. The van der Waals surface area contributed by atoms with Crippen molar-refractivity contribution in [1.82, 2.24) is 14.7 Å². The van der Waals surface area contributed by atoms with Gasteiger partial charge in [-0.3, -0.25) is 9.69 Å². The summed E-state index contributed by atoms with van der Waals surface area (Å²) >= 11 is 0. The Labute approximate surface area is 130 Å². The average Bonchev–Trinajstić information content (AvgIpc) is 2.48. The number of hydrogen-bond donors (Lipinski definition) is 0. The molecule has 2 rings (SSSR count). The van der Waals surface area contributed by atoms with Crippen LogP contribution in [0.15, 0.2) is 0 Å². The van der Waals surface area contributed by atoms with Crippen LogP contribution in [0.5, 0.6) is 0 Å². The van der Waals surface area contributed by atoms with Crippen LogP contribution in [-0.4, -0.2) is 73.5 Å². The van der Waals surface area contributed by atoms with E-state index in [1.807, 2.05) is 0 Å². The van der Waals surface area contributed by atoms with Crippen LogP contribution in [0.4, 0.5) is 0 Å². The smallest absolute Gasteiger partial charge is 0.222 e. The maximum atomic E-state index is 12.1. The molecule has 0 radical (unpaired) electrons. The molecule has 2 aliphatic heterocycles. The fraction of sp³-hybridized carbons (Fsp3) is 0.941. The number of piperidine rings is 1. The van der Waals surface area contributed by atoms with Crippen molar-refractivity contribution in [2.45, 2.75) is 39.5 Å². The second-order valence-corrected chi connectivity index (χ2v) is 7.36. The number of amides is 1. The fourth-order valence-electron chi connectivity index (χ4n) is 3.36. The van der Waals surface area contributed by atoms with E-state index >= 15 is 0 Å². The van der Waals surface area contributed by atoms with Gasteiger partial charge >= 0.3 is 0 Å². The summed E-state index contributed by atoms with van der Waals surface area (Å²) in [7, 11) is 2.22. The van der Waals surface area contributed by atoms with Gasteiger partial charge < -0.3 is 9.80 Å². The number of rotatable bonds is 5. The molecule has 2 saturated heterocycles. The number of hydrogen-bond acceptors (Lipinski definition) is 3. The van der Waals surface area contributed by atoms with E-state index in [9.17, 15) is 4.79 Å². The fourth-order valence-corrected chi connectivity index (χ4v) is 3.36. The van der Waals surface area contributed by atoms with Crippen molar-refractivity contribution in [2.24, 2.45) is 11.8 Å². The summed E-state index contributed by atoms with van der Waals surface area (Å²) in [4.78, 5) is 19.2. The summed E-state index contributed by atoms with van der Waals surface area (Å²) in [6.07, 6.45) is 4.43. The Hall–Kier alpha value is -0.610. The highest BCUT2D eigenvalue weighted by Crippen LogP contribution is 2.18. The first-order chi connectivity index (χ1) is 10.0. The van der Waals surface area contributed by atoms with Gasteiger partial charge in [-0.05, 0) is 51.2 Å². The predicted octanol–water partition coefficient (Wildman–Crippen LogP) is 1.91. The molecule has 4 heteroatoms. The predicted molar refractivity (Wildman–Crippen MR) is 87.3 cm³/mol. The molecule has 0 aromatic rings. The lowest BCUT2D eigenvalue weighted by molar-refractivity contribution is -0.133. The summed E-state index contributed by atoms with van der Waals surface area (Å²) in [6, 6.07) is 0. The molecule has 0 aromatic carbocycles. The molecule has 2 heterocycles. The highest BCUT2D eigenvalue weighted by atomic mass is 16.2. The largest absolute Gasteiger partial charge is 0.340 e. The second kappa shape index (κ2) is 8.14. The summed E-state index contributed by atoms with van der Waals surface area (Å²) in [6.45, 7) is 12.1. The minimum Gasteiger partial charge on any atom is -0.340 e. The van der Waals surface area contributed by atoms with Crippen molar-refractivity contribution < 1.29 is 4.79 Å². The molecule has 122 valence electrons. The molecule has 0 aliphatic carbocycles. The van der Waals surface area contributed by atoms with E-state index in [4.69, 9.17) is 0 Å². The topological polar surface area (TPSA) is 26.8 Å². The molecule has 2 fully saturated rings. The van der Waals surface area contributed by atoms with Crippen LogP contribution < -0.4 is 0 Å². The average molecular weight is 295 g/mol. The third-order valence-corrected chi connectivity index (χ3v) is 5.02. The Morgan fingerprint density at radius 2 is 1.67 bits per heavy atom. The first-order valence-corrected chi connectivity index (χ1v) is 8.73. The Morgan fingerprint density at radius 3 is 2.24 bits per heavy atom. The Kier molecular flexibility index (Phi) is 6.49. The van der Waals surface area contributed by atoms with Crippen molar-refractivity contribution in [3.05, 3.63) is 0 Å². The molecule has 0 bridgehead atoms. The first kappa shape index (κ1) is 16.8. The van der Waals surface area contributed by atoms with E-state index < -0.39 is 0 Å². The van der Waals surface area contributed by atoms with E-state index in [1.54, 1.807) is 0 Å². The minimum absolute atomic E-state index is 0.364. The molecule has 0 aromatic heterocycles. The van der Waals surface area contributed by atoms with Crippen LogP contribution >= 0.6 is 0 Å². The van der Waals surface area contributed by atoms with Gasteiger partial charge in [-0.25, -0.2) is 0 Å². The van der Waals surface area contributed by atoms with Crippen LogP contribution in [0.25, 0.3) is 0 Å². The Bertz CT molecular complexity index is 316. The third-order valence-electron chi connectivity index (χ3n) is 5.02. The molecule has 4 nitrogen and oxygen atoms in total. The normalized spacial score (nSPS) is 23.0. The zero-order chi connectivity index (χ0) is 15.2. The third kappa shape index (κ3) is 5.59. The molecule has 0 N–H and O–H groups in total. The van der Waals surface area contributed by atoms with Crippen LogP contribution in [-0.2, 0) is 4.79 Å². The van der Waals surface area contributed by atoms with Crippen LogP contribution in [0.3, 0.4) is 0 Å². The Morgan fingerprint density at radius 1 is 1.05 bits per heavy atom. The molecule has 0 saturated carbocycles. The van der Waals surface area contributed by atoms with Crippen molar-refractivity contribution in [3.8, 4) is 0 Å². The van der Waals surface area contributed by atoms with Gasteiger partial charge in [-0.1, -0.05) is 13.8 Å². The zero-order valence-electron chi connectivity index (χ0n) is 14.2. The Balaban J connectivity index is 1.65. The molecular weight excluding hydrogens is 262 g/mol.